The third kappa shape index (κ3) is 3.89. The van der Waals surface area contributed by atoms with E-state index in [0.29, 0.717) is 46.7 Å². The third-order valence-electron chi connectivity index (χ3n) is 4.80. The van der Waals surface area contributed by atoms with E-state index in [4.69, 9.17) is 9.47 Å². The van der Waals surface area contributed by atoms with Crippen LogP contribution in [0.1, 0.15) is 53.8 Å². The van der Waals surface area contributed by atoms with Crippen LogP contribution in [0.3, 0.4) is 0 Å². The Labute approximate surface area is 166 Å². The molecule has 3 aromatic rings. The van der Waals surface area contributed by atoms with Gasteiger partial charge in [0.2, 0.25) is 0 Å². The normalized spacial score (nSPS) is 11.1. The summed E-state index contributed by atoms with van der Waals surface area (Å²) < 4.78 is 10.8. The number of H-pyrrole nitrogens is 4. The van der Waals surface area contributed by atoms with E-state index in [1.54, 1.807) is 32.0 Å². The minimum atomic E-state index is -0.644. The Kier molecular flexibility index (Phi) is 5.76. The molecule has 0 spiro atoms. The van der Waals surface area contributed by atoms with Gasteiger partial charge in [0.25, 0.3) is 11.1 Å². The van der Waals surface area contributed by atoms with E-state index in [1.165, 1.54) is 7.11 Å². The number of hydrogen-bond donors (Lipinski definition) is 4. The third-order valence-corrected chi connectivity index (χ3v) is 4.80. The maximum atomic E-state index is 12.5. The van der Waals surface area contributed by atoms with Crippen molar-refractivity contribution in [3.8, 4) is 11.5 Å². The van der Waals surface area contributed by atoms with E-state index in [9.17, 15) is 14.4 Å². The Balaban J connectivity index is 2.16. The first-order valence-electron chi connectivity index (χ1n) is 9.30. The molecule has 3 rings (SSSR count). The lowest BCUT2D eigenvalue weighted by Crippen LogP contribution is -2.20. The molecule has 0 radical (unpaired) electrons. The lowest BCUT2D eigenvalue weighted by molar-refractivity contribution is -0.134. The zero-order valence-electron chi connectivity index (χ0n) is 16.8. The summed E-state index contributed by atoms with van der Waals surface area (Å²) in [4.78, 5) is 36.9. The molecule has 0 amide bonds. The summed E-state index contributed by atoms with van der Waals surface area (Å²) in [6, 6.07) is 5.01. The number of aromatic nitrogens is 4. The highest BCUT2D eigenvalue weighted by atomic mass is 16.6. The van der Waals surface area contributed by atoms with Gasteiger partial charge < -0.3 is 19.7 Å². The highest BCUT2D eigenvalue weighted by Gasteiger charge is 2.29. The van der Waals surface area contributed by atoms with Crippen LogP contribution < -0.4 is 20.6 Å². The summed E-state index contributed by atoms with van der Waals surface area (Å²) in [6.07, 6.45) is 0.968. The molecule has 0 unspecified atom stereocenters. The highest BCUT2D eigenvalue weighted by Crippen LogP contribution is 2.36. The van der Waals surface area contributed by atoms with Gasteiger partial charge in [0, 0.05) is 23.7 Å². The fraction of sp³-hybridized carbons (Fsp3) is 0.350. The van der Waals surface area contributed by atoms with Crippen molar-refractivity contribution in [2.24, 2.45) is 0 Å². The molecule has 2 heterocycles. The van der Waals surface area contributed by atoms with Gasteiger partial charge in [0.1, 0.15) is 0 Å². The SMILES string of the molecule is CCCC(=O)Oc1ccc(C(c2c(C)[nH][nH]c2=O)c2c(C)[nH][nH]c2=O)cc1OC. The van der Waals surface area contributed by atoms with Crippen LogP contribution in [0.2, 0.25) is 0 Å². The van der Waals surface area contributed by atoms with Crippen LogP contribution in [0.4, 0.5) is 0 Å². The van der Waals surface area contributed by atoms with Crippen molar-refractivity contribution in [1.29, 1.82) is 0 Å². The van der Waals surface area contributed by atoms with Gasteiger partial charge in [-0.15, -0.1) is 0 Å². The molecule has 0 atom stereocenters. The van der Waals surface area contributed by atoms with Crippen LogP contribution in [0.25, 0.3) is 0 Å². The number of benzene rings is 1. The molecule has 9 nitrogen and oxygen atoms in total. The van der Waals surface area contributed by atoms with Crippen molar-refractivity contribution in [1.82, 2.24) is 20.4 Å². The van der Waals surface area contributed by atoms with Crippen molar-refractivity contribution < 1.29 is 14.3 Å². The first-order valence-corrected chi connectivity index (χ1v) is 9.30. The highest BCUT2D eigenvalue weighted by molar-refractivity contribution is 5.73. The minimum Gasteiger partial charge on any atom is -0.493 e. The molecule has 9 heteroatoms. The van der Waals surface area contributed by atoms with Crippen molar-refractivity contribution >= 4 is 5.97 Å². The average molecular weight is 400 g/mol. The summed E-state index contributed by atoms with van der Waals surface area (Å²) in [5, 5.41) is 10.7. The van der Waals surface area contributed by atoms with Crippen molar-refractivity contribution in [2.75, 3.05) is 7.11 Å². The Bertz CT molecular complexity index is 1080. The van der Waals surface area contributed by atoms with E-state index < -0.39 is 5.92 Å². The van der Waals surface area contributed by atoms with Crippen LogP contribution in [-0.2, 0) is 4.79 Å². The van der Waals surface area contributed by atoms with Gasteiger partial charge in [-0.05, 0) is 38.0 Å². The number of aromatic amines is 4. The molecule has 0 aliphatic carbocycles. The van der Waals surface area contributed by atoms with Gasteiger partial charge in [0.05, 0.1) is 18.2 Å². The maximum absolute atomic E-state index is 12.5. The van der Waals surface area contributed by atoms with Gasteiger partial charge in [0.15, 0.2) is 11.5 Å². The number of aryl methyl sites for hydroxylation is 2. The van der Waals surface area contributed by atoms with Crippen molar-refractivity contribution in [3.63, 3.8) is 0 Å². The first kappa shape index (κ1) is 20.2. The fourth-order valence-electron chi connectivity index (χ4n) is 3.41. The molecule has 0 aliphatic rings. The number of rotatable bonds is 7. The number of carbonyl (C=O) groups is 1. The van der Waals surface area contributed by atoms with Crippen LogP contribution in [0, 0.1) is 13.8 Å². The average Bonchev–Trinajstić information content (AvgIpc) is 3.19. The number of ether oxygens (including phenoxy) is 2. The second-order valence-corrected chi connectivity index (χ2v) is 6.80. The molecular formula is C20H24N4O5. The Hall–Kier alpha value is -3.49. The zero-order chi connectivity index (χ0) is 21.1. The molecule has 0 saturated carbocycles. The van der Waals surface area contributed by atoms with Gasteiger partial charge in [-0.2, -0.15) is 0 Å². The standard InChI is InChI=1S/C20H24N4O5/c1-5-6-15(25)29-13-8-7-12(9-14(13)28-4)18(16-10(2)21-23-19(16)26)17-11(3)22-24-20(17)27/h7-9,18H,5-6H2,1-4H3,(H2,21,23,26)(H2,22,24,27). The largest absolute Gasteiger partial charge is 0.493 e. The van der Waals surface area contributed by atoms with Gasteiger partial charge >= 0.3 is 5.97 Å². The molecule has 0 saturated heterocycles. The predicted octanol–water partition coefficient (Wildman–Crippen LogP) is 2.23. The molecule has 4 N–H and O–H groups in total. The Morgan fingerprint density at radius 2 is 1.55 bits per heavy atom. The number of methoxy groups -OCH3 is 1. The smallest absolute Gasteiger partial charge is 0.311 e. The Morgan fingerprint density at radius 3 is 2.00 bits per heavy atom. The monoisotopic (exact) mass is 400 g/mol. The van der Waals surface area contributed by atoms with Crippen LogP contribution in [0.5, 0.6) is 11.5 Å². The maximum Gasteiger partial charge on any atom is 0.311 e. The van der Waals surface area contributed by atoms with Gasteiger partial charge in [-0.25, -0.2) is 0 Å². The van der Waals surface area contributed by atoms with Crippen molar-refractivity contribution in [2.45, 2.75) is 39.5 Å². The predicted molar refractivity (Wildman–Crippen MR) is 107 cm³/mol. The summed E-state index contributed by atoms with van der Waals surface area (Å²) in [5.74, 6) is -0.376. The zero-order valence-corrected chi connectivity index (χ0v) is 16.8. The topological polar surface area (TPSA) is 133 Å². The minimum absolute atomic E-state index is 0.285. The van der Waals surface area contributed by atoms with E-state index in [1.807, 2.05) is 6.92 Å². The quantitative estimate of drug-likeness (QED) is 0.357. The fourth-order valence-corrected chi connectivity index (χ4v) is 3.41. The number of carbonyl (C=O) groups excluding carboxylic acids is 1. The lowest BCUT2D eigenvalue weighted by atomic mass is 9.85. The van der Waals surface area contributed by atoms with Crippen LogP contribution in [0.15, 0.2) is 27.8 Å². The Morgan fingerprint density at radius 1 is 0.966 bits per heavy atom. The summed E-state index contributed by atoms with van der Waals surface area (Å²) in [6.45, 7) is 5.41. The van der Waals surface area contributed by atoms with Crippen LogP contribution >= 0.6 is 0 Å². The van der Waals surface area contributed by atoms with E-state index >= 15 is 0 Å². The number of hydrogen-bond acceptors (Lipinski definition) is 5. The number of nitrogens with one attached hydrogen (secondary N) is 4. The van der Waals surface area contributed by atoms with E-state index in [2.05, 4.69) is 20.4 Å². The molecule has 0 aliphatic heterocycles. The molecule has 2 aromatic heterocycles. The van der Waals surface area contributed by atoms with Crippen LogP contribution in [-0.4, -0.2) is 33.5 Å². The van der Waals surface area contributed by atoms with Crippen molar-refractivity contribution in [3.05, 3.63) is 67.0 Å². The van der Waals surface area contributed by atoms with E-state index in [-0.39, 0.29) is 22.8 Å². The van der Waals surface area contributed by atoms with E-state index in [0.717, 1.165) is 0 Å². The molecule has 29 heavy (non-hydrogen) atoms. The first-order chi connectivity index (χ1) is 13.9. The molecule has 0 fully saturated rings. The number of esters is 1. The molecule has 1 aromatic carbocycles. The summed E-state index contributed by atoms with van der Waals surface area (Å²) >= 11 is 0. The molecular weight excluding hydrogens is 376 g/mol. The summed E-state index contributed by atoms with van der Waals surface area (Å²) in [7, 11) is 1.47. The van der Waals surface area contributed by atoms with Gasteiger partial charge in [-0.1, -0.05) is 13.0 Å². The lowest BCUT2D eigenvalue weighted by Gasteiger charge is -2.18. The molecule has 0 bridgehead atoms. The second-order valence-electron chi connectivity index (χ2n) is 6.80. The molecule has 154 valence electrons. The summed E-state index contributed by atoms with van der Waals surface area (Å²) in [5.41, 5.74) is 2.12. The second kappa shape index (κ2) is 8.26. The van der Waals surface area contributed by atoms with Gasteiger partial charge in [-0.3, -0.25) is 24.6 Å².